The quantitative estimate of drug-likeness (QED) is 0.936. The van der Waals surface area contributed by atoms with Crippen LogP contribution in [0.3, 0.4) is 0 Å². The second-order valence-corrected chi connectivity index (χ2v) is 6.73. The molecule has 6 nitrogen and oxygen atoms in total. The first-order chi connectivity index (χ1) is 8.92. The number of sulfonamides is 1. The van der Waals surface area contributed by atoms with E-state index >= 15 is 0 Å². The summed E-state index contributed by atoms with van der Waals surface area (Å²) in [4.78, 5) is -0.110. The van der Waals surface area contributed by atoms with Gasteiger partial charge in [0.2, 0.25) is 5.13 Å². The molecule has 0 bridgehead atoms. The van der Waals surface area contributed by atoms with Gasteiger partial charge in [-0.05, 0) is 25.1 Å². The zero-order valence-corrected chi connectivity index (χ0v) is 12.0. The molecule has 2 aromatic rings. The molecule has 0 spiro atoms. The molecule has 0 radical (unpaired) electrons. The molecule has 0 amide bonds. The minimum absolute atomic E-state index is 0.0206. The van der Waals surface area contributed by atoms with Crippen LogP contribution in [-0.4, -0.2) is 18.6 Å². The van der Waals surface area contributed by atoms with Crippen molar-refractivity contribution in [1.82, 2.24) is 10.2 Å². The number of anilines is 1. The summed E-state index contributed by atoms with van der Waals surface area (Å²) >= 11 is 6.98. The van der Waals surface area contributed by atoms with Gasteiger partial charge in [-0.25, -0.2) is 8.42 Å². The fourth-order valence-corrected chi connectivity index (χ4v) is 3.66. The first-order valence-corrected chi connectivity index (χ1v) is 7.63. The topological polar surface area (TPSA) is 95.7 Å². The Morgan fingerprint density at radius 3 is 2.68 bits per heavy atom. The van der Waals surface area contributed by atoms with Crippen LogP contribution in [-0.2, 0) is 10.0 Å². The van der Waals surface area contributed by atoms with Crippen LogP contribution in [0.2, 0.25) is 5.02 Å². The first kappa shape index (κ1) is 13.7. The van der Waals surface area contributed by atoms with Crippen molar-refractivity contribution >= 4 is 38.1 Å². The molecule has 0 saturated carbocycles. The van der Waals surface area contributed by atoms with Gasteiger partial charge in [-0.1, -0.05) is 22.9 Å². The second kappa shape index (κ2) is 5.13. The monoisotopic (exact) mass is 314 g/mol. The van der Waals surface area contributed by atoms with Gasteiger partial charge >= 0.3 is 0 Å². The molecule has 0 unspecified atom stereocenters. The predicted octanol–water partition coefficient (Wildman–Crippen LogP) is 2.17. The van der Waals surface area contributed by atoms with Gasteiger partial charge in [0, 0.05) is 0 Å². The Kier molecular flexibility index (Phi) is 3.71. The van der Waals surface area contributed by atoms with E-state index in [9.17, 15) is 8.42 Å². The van der Waals surface area contributed by atoms with E-state index in [-0.39, 0.29) is 20.6 Å². The van der Waals surface area contributed by atoms with Crippen molar-refractivity contribution < 1.29 is 8.42 Å². The summed E-state index contributed by atoms with van der Waals surface area (Å²) in [5.41, 5.74) is 0.288. The molecule has 0 aliphatic heterocycles. The second-order valence-electron chi connectivity index (χ2n) is 3.49. The third kappa shape index (κ3) is 3.01. The smallest absolute Gasteiger partial charge is 0.253 e. The average Bonchev–Trinajstić information content (AvgIpc) is 2.73. The lowest BCUT2D eigenvalue weighted by Gasteiger charge is -2.06. The molecule has 1 heterocycles. The lowest BCUT2D eigenvalue weighted by Crippen LogP contribution is -2.13. The number of hydrogen-bond donors (Lipinski definition) is 1. The number of hydrogen-bond acceptors (Lipinski definition) is 6. The third-order valence-corrected chi connectivity index (χ3v) is 4.80. The summed E-state index contributed by atoms with van der Waals surface area (Å²) in [6.07, 6.45) is 0. The van der Waals surface area contributed by atoms with Crippen LogP contribution in [0, 0.1) is 18.3 Å². The lowest BCUT2D eigenvalue weighted by atomic mass is 10.2. The van der Waals surface area contributed by atoms with Crippen molar-refractivity contribution in [2.24, 2.45) is 0 Å². The van der Waals surface area contributed by atoms with E-state index in [1.807, 2.05) is 6.07 Å². The van der Waals surface area contributed by atoms with Gasteiger partial charge in [0.15, 0.2) is 0 Å². The number of nitrogens with one attached hydrogen (secondary N) is 1. The molecule has 0 fully saturated rings. The number of aromatic nitrogens is 2. The van der Waals surface area contributed by atoms with Gasteiger partial charge in [0.1, 0.15) is 9.90 Å². The fourth-order valence-electron chi connectivity index (χ4n) is 1.30. The maximum atomic E-state index is 12.1. The maximum absolute atomic E-state index is 12.1. The van der Waals surface area contributed by atoms with Gasteiger partial charge in [-0.15, -0.1) is 10.2 Å². The molecule has 0 atom stereocenters. The van der Waals surface area contributed by atoms with Gasteiger partial charge in [-0.2, -0.15) is 5.26 Å². The van der Waals surface area contributed by atoms with Crippen LogP contribution in [0.4, 0.5) is 5.13 Å². The van der Waals surface area contributed by atoms with Crippen molar-refractivity contribution in [2.75, 3.05) is 4.72 Å². The number of benzene rings is 1. The Morgan fingerprint density at radius 1 is 1.42 bits per heavy atom. The Labute approximate surface area is 118 Å². The maximum Gasteiger partial charge on any atom is 0.265 e. The molecule has 19 heavy (non-hydrogen) atoms. The van der Waals surface area contributed by atoms with Crippen LogP contribution in [0.5, 0.6) is 0 Å². The van der Waals surface area contributed by atoms with Gasteiger partial charge < -0.3 is 0 Å². The molecule has 1 aromatic heterocycles. The van der Waals surface area contributed by atoms with E-state index in [1.54, 1.807) is 6.92 Å². The summed E-state index contributed by atoms with van der Waals surface area (Å²) in [7, 11) is -3.84. The number of rotatable bonds is 3. The Bertz CT molecular complexity index is 764. The van der Waals surface area contributed by atoms with Gasteiger partial charge in [-0.3, -0.25) is 4.72 Å². The van der Waals surface area contributed by atoms with E-state index < -0.39 is 10.0 Å². The van der Waals surface area contributed by atoms with Gasteiger partial charge in [0.25, 0.3) is 10.0 Å². The van der Waals surface area contributed by atoms with Crippen LogP contribution < -0.4 is 4.72 Å². The highest BCUT2D eigenvalue weighted by atomic mass is 35.5. The van der Waals surface area contributed by atoms with E-state index in [0.717, 1.165) is 11.3 Å². The zero-order chi connectivity index (χ0) is 14.0. The molecule has 98 valence electrons. The van der Waals surface area contributed by atoms with Gasteiger partial charge in [0.05, 0.1) is 16.7 Å². The highest BCUT2D eigenvalue weighted by Crippen LogP contribution is 2.25. The lowest BCUT2D eigenvalue weighted by molar-refractivity contribution is 0.601. The standard InChI is InChI=1S/C10H7ClN4O2S2/c1-6-13-14-10(18-6)15-19(16,17)9-3-2-7(5-12)4-8(9)11/h2-4H,1H3,(H,14,15). The number of aryl methyl sites for hydroxylation is 1. The Morgan fingerprint density at radius 2 is 2.16 bits per heavy atom. The van der Waals surface area contributed by atoms with Crippen molar-refractivity contribution in [3.8, 4) is 6.07 Å². The molecule has 9 heteroatoms. The molecule has 0 aliphatic carbocycles. The Balaban J connectivity index is 2.37. The Hall–Kier alpha value is -1.69. The van der Waals surface area contributed by atoms with Crippen LogP contribution in [0.15, 0.2) is 23.1 Å². The summed E-state index contributed by atoms with van der Waals surface area (Å²) in [6, 6.07) is 5.83. The SMILES string of the molecule is Cc1nnc(NS(=O)(=O)c2ccc(C#N)cc2Cl)s1. The molecule has 0 saturated heterocycles. The summed E-state index contributed by atoms with van der Waals surface area (Å²) in [5.74, 6) is 0. The molecule has 0 aliphatic rings. The van der Waals surface area contributed by atoms with Crippen molar-refractivity contribution in [3.63, 3.8) is 0 Å². The number of nitriles is 1. The predicted molar refractivity (Wildman–Crippen MR) is 71.6 cm³/mol. The van der Waals surface area contributed by atoms with Crippen molar-refractivity contribution in [2.45, 2.75) is 11.8 Å². The highest BCUT2D eigenvalue weighted by molar-refractivity contribution is 7.93. The molecule has 1 N–H and O–H groups in total. The summed E-state index contributed by atoms with van der Waals surface area (Å²) in [5, 5.41) is 16.9. The van der Waals surface area contributed by atoms with E-state index in [0.29, 0.717) is 5.01 Å². The normalized spacial score (nSPS) is 11.0. The highest BCUT2D eigenvalue weighted by Gasteiger charge is 2.20. The minimum atomic E-state index is -3.84. The molecular weight excluding hydrogens is 308 g/mol. The summed E-state index contributed by atoms with van der Waals surface area (Å²) in [6.45, 7) is 1.71. The summed E-state index contributed by atoms with van der Waals surface area (Å²) < 4.78 is 26.5. The minimum Gasteiger partial charge on any atom is -0.253 e. The van der Waals surface area contributed by atoms with Crippen molar-refractivity contribution in [1.29, 1.82) is 5.26 Å². The molecule has 2 rings (SSSR count). The number of nitrogens with zero attached hydrogens (tertiary/aromatic N) is 3. The van der Waals surface area contributed by atoms with Crippen LogP contribution in [0.25, 0.3) is 0 Å². The molecule has 1 aromatic carbocycles. The van der Waals surface area contributed by atoms with Crippen LogP contribution >= 0.6 is 22.9 Å². The molecular formula is C10H7ClN4O2S2. The van der Waals surface area contributed by atoms with E-state index in [2.05, 4.69) is 14.9 Å². The van der Waals surface area contributed by atoms with E-state index in [4.69, 9.17) is 16.9 Å². The fraction of sp³-hybridized carbons (Fsp3) is 0.100. The zero-order valence-electron chi connectivity index (χ0n) is 9.58. The van der Waals surface area contributed by atoms with Crippen molar-refractivity contribution in [3.05, 3.63) is 33.8 Å². The first-order valence-electron chi connectivity index (χ1n) is 4.95. The van der Waals surface area contributed by atoms with Crippen LogP contribution in [0.1, 0.15) is 10.6 Å². The average molecular weight is 315 g/mol. The van der Waals surface area contributed by atoms with E-state index in [1.165, 1.54) is 18.2 Å². The third-order valence-electron chi connectivity index (χ3n) is 2.10. The largest absolute Gasteiger partial charge is 0.265 e. The number of halogens is 1.